The van der Waals surface area contributed by atoms with Crippen LogP contribution in [0.4, 0.5) is 5.69 Å². The van der Waals surface area contributed by atoms with Crippen molar-refractivity contribution in [2.45, 2.75) is 12.8 Å². The Morgan fingerprint density at radius 2 is 1.92 bits per heavy atom. The standard InChI is InChI=1S/C19H18ClIN2O2/c20-15-8-6-13(7-9-15)19(25)23-10-2-3-14(12-23)18(24)22-17-5-1-4-16(21)11-17/h1,4-9,11,14H,2-3,10,12H2,(H,22,24). The summed E-state index contributed by atoms with van der Waals surface area (Å²) < 4.78 is 1.07. The Balaban J connectivity index is 1.65. The van der Waals surface area contributed by atoms with E-state index in [1.807, 2.05) is 24.3 Å². The highest BCUT2D eigenvalue weighted by Gasteiger charge is 2.29. The molecule has 0 aromatic heterocycles. The highest BCUT2D eigenvalue weighted by molar-refractivity contribution is 14.1. The Kier molecular flexibility index (Phi) is 5.96. The molecule has 2 aromatic rings. The van der Waals surface area contributed by atoms with Gasteiger partial charge in [-0.15, -0.1) is 0 Å². The van der Waals surface area contributed by atoms with Gasteiger partial charge in [-0.2, -0.15) is 0 Å². The van der Waals surface area contributed by atoms with Gasteiger partial charge in [0.15, 0.2) is 0 Å². The SMILES string of the molecule is O=C(Nc1cccc(I)c1)C1CCCN(C(=O)c2ccc(Cl)cc2)C1. The van der Waals surface area contributed by atoms with E-state index in [1.54, 1.807) is 29.2 Å². The molecule has 130 valence electrons. The molecule has 6 heteroatoms. The number of hydrogen-bond acceptors (Lipinski definition) is 2. The van der Waals surface area contributed by atoms with Crippen LogP contribution in [0.25, 0.3) is 0 Å². The van der Waals surface area contributed by atoms with Crippen molar-refractivity contribution >= 4 is 51.7 Å². The maximum Gasteiger partial charge on any atom is 0.253 e. The minimum Gasteiger partial charge on any atom is -0.338 e. The van der Waals surface area contributed by atoms with Gasteiger partial charge in [-0.25, -0.2) is 0 Å². The van der Waals surface area contributed by atoms with Crippen LogP contribution in [0.1, 0.15) is 23.2 Å². The lowest BCUT2D eigenvalue weighted by Gasteiger charge is -2.32. The molecule has 1 aliphatic heterocycles. The van der Waals surface area contributed by atoms with Gasteiger partial charge in [0.05, 0.1) is 5.92 Å². The van der Waals surface area contributed by atoms with Gasteiger partial charge >= 0.3 is 0 Å². The van der Waals surface area contributed by atoms with Crippen LogP contribution >= 0.6 is 34.2 Å². The Bertz CT molecular complexity index is 779. The molecule has 1 N–H and O–H groups in total. The van der Waals surface area contributed by atoms with Crippen molar-refractivity contribution in [2.75, 3.05) is 18.4 Å². The van der Waals surface area contributed by atoms with Gasteiger partial charge in [-0.3, -0.25) is 9.59 Å². The van der Waals surface area contributed by atoms with Crippen molar-refractivity contribution in [1.82, 2.24) is 4.90 Å². The molecule has 1 fully saturated rings. The molecular weight excluding hydrogens is 451 g/mol. The smallest absolute Gasteiger partial charge is 0.253 e. The molecule has 2 aromatic carbocycles. The number of carbonyl (C=O) groups excluding carboxylic acids is 2. The third kappa shape index (κ3) is 4.73. The van der Waals surface area contributed by atoms with Crippen LogP contribution in [0, 0.1) is 9.49 Å². The van der Waals surface area contributed by atoms with E-state index in [4.69, 9.17) is 11.6 Å². The van der Waals surface area contributed by atoms with Gasteiger partial charge in [0.2, 0.25) is 5.91 Å². The van der Waals surface area contributed by atoms with E-state index in [0.717, 1.165) is 22.1 Å². The number of benzene rings is 2. The third-order valence-electron chi connectivity index (χ3n) is 4.26. The first-order chi connectivity index (χ1) is 12.0. The fraction of sp³-hybridized carbons (Fsp3) is 0.263. The summed E-state index contributed by atoms with van der Waals surface area (Å²) in [7, 11) is 0. The Hall–Kier alpha value is -1.60. The third-order valence-corrected chi connectivity index (χ3v) is 5.19. The zero-order valence-electron chi connectivity index (χ0n) is 13.5. The van der Waals surface area contributed by atoms with Crippen molar-refractivity contribution < 1.29 is 9.59 Å². The minimum absolute atomic E-state index is 0.0318. The molecule has 3 rings (SSSR count). The monoisotopic (exact) mass is 468 g/mol. The highest BCUT2D eigenvalue weighted by Crippen LogP contribution is 2.22. The lowest BCUT2D eigenvalue weighted by atomic mass is 9.96. The molecule has 25 heavy (non-hydrogen) atoms. The molecule has 1 unspecified atom stereocenters. The molecule has 1 heterocycles. The summed E-state index contributed by atoms with van der Waals surface area (Å²) in [6.45, 7) is 1.12. The lowest BCUT2D eigenvalue weighted by molar-refractivity contribution is -0.121. The van der Waals surface area contributed by atoms with Crippen LogP contribution in [0.15, 0.2) is 48.5 Å². The van der Waals surface area contributed by atoms with E-state index in [-0.39, 0.29) is 17.7 Å². The first-order valence-electron chi connectivity index (χ1n) is 8.14. The van der Waals surface area contributed by atoms with Gasteiger partial charge in [0, 0.05) is 32.9 Å². The molecule has 0 radical (unpaired) electrons. The number of hydrogen-bond donors (Lipinski definition) is 1. The van der Waals surface area contributed by atoms with E-state index < -0.39 is 0 Å². The normalized spacial score (nSPS) is 17.2. The van der Waals surface area contributed by atoms with Gasteiger partial charge < -0.3 is 10.2 Å². The van der Waals surface area contributed by atoms with Gasteiger partial charge in [0.25, 0.3) is 5.91 Å². The largest absolute Gasteiger partial charge is 0.338 e. The zero-order valence-corrected chi connectivity index (χ0v) is 16.5. The predicted molar refractivity (Wildman–Crippen MR) is 108 cm³/mol. The second kappa shape index (κ2) is 8.19. The molecule has 1 atom stereocenters. The molecule has 0 saturated carbocycles. The van der Waals surface area contributed by atoms with Crippen molar-refractivity contribution in [3.63, 3.8) is 0 Å². The lowest BCUT2D eigenvalue weighted by Crippen LogP contribution is -2.43. The number of likely N-dealkylation sites (tertiary alicyclic amines) is 1. The fourth-order valence-electron chi connectivity index (χ4n) is 2.96. The molecule has 4 nitrogen and oxygen atoms in total. The van der Waals surface area contributed by atoms with Crippen LogP contribution in [-0.2, 0) is 4.79 Å². The molecule has 2 amide bonds. The minimum atomic E-state index is -0.192. The maximum atomic E-state index is 12.6. The van der Waals surface area contributed by atoms with E-state index >= 15 is 0 Å². The highest BCUT2D eigenvalue weighted by atomic mass is 127. The Labute approximate surface area is 165 Å². The first-order valence-corrected chi connectivity index (χ1v) is 9.60. The van der Waals surface area contributed by atoms with Crippen molar-refractivity contribution in [1.29, 1.82) is 0 Å². The van der Waals surface area contributed by atoms with E-state index in [9.17, 15) is 9.59 Å². The first kappa shape index (κ1) is 18.2. The molecular formula is C19H18ClIN2O2. The van der Waals surface area contributed by atoms with Crippen LogP contribution in [0.5, 0.6) is 0 Å². The summed E-state index contributed by atoms with van der Waals surface area (Å²) in [6, 6.07) is 14.6. The van der Waals surface area contributed by atoms with Crippen LogP contribution in [0.2, 0.25) is 5.02 Å². The van der Waals surface area contributed by atoms with E-state index in [0.29, 0.717) is 23.7 Å². The van der Waals surface area contributed by atoms with E-state index in [1.165, 1.54) is 0 Å². The number of carbonyl (C=O) groups is 2. The predicted octanol–water partition coefficient (Wildman–Crippen LogP) is 4.44. The Morgan fingerprint density at radius 3 is 2.64 bits per heavy atom. The van der Waals surface area contributed by atoms with Crippen LogP contribution in [-0.4, -0.2) is 29.8 Å². The van der Waals surface area contributed by atoms with Crippen molar-refractivity contribution in [3.05, 3.63) is 62.7 Å². The van der Waals surface area contributed by atoms with Gasteiger partial charge in [-0.1, -0.05) is 17.7 Å². The molecule has 0 spiro atoms. The number of piperidine rings is 1. The summed E-state index contributed by atoms with van der Waals surface area (Å²) >= 11 is 8.09. The summed E-state index contributed by atoms with van der Waals surface area (Å²) in [6.07, 6.45) is 1.61. The number of nitrogens with one attached hydrogen (secondary N) is 1. The number of rotatable bonds is 3. The van der Waals surface area contributed by atoms with E-state index in [2.05, 4.69) is 27.9 Å². The topological polar surface area (TPSA) is 49.4 Å². The van der Waals surface area contributed by atoms with Gasteiger partial charge in [-0.05, 0) is 77.9 Å². The second-order valence-electron chi connectivity index (χ2n) is 6.10. The maximum absolute atomic E-state index is 12.6. The molecule has 0 aliphatic carbocycles. The molecule has 0 bridgehead atoms. The molecule has 1 aliphatic rings. The summed E-state index contributed by atoms with van der Waals surface area (Å²) in [5.41, 5.74) is 1.39. The van der Waals surface area contributed by atoms with Crippen molar-refractivity contribution in [3.8, 4) is 0 Å². The zero-order chi connectivity index (χ0) is 17.8. The number of nitrogens with zero attached hydrogens (tertiary/aromatic N) is 1. The van der Waals surface area contributed by atoms with Crippen molar-refractivity contribution in [2.24, 2.45) is 5.92 Å². The molecule has 1 saturated heterocycles. The Morgan fingerprint density at radius 1 is 1.16 bits per heavy atom. The quantitative estimate of drug-likeness (QED) is 0.677. The number of halogens is 2. The van der Waals surface area contributed by atoms with Gasteiger partial charge in [0.1, 0.15) is 0 Å². The summed E-state index contributed by atoms with van der Waals surface area (Å²) in [4.78, 5) is 26.9. The summed E-state index contributed by atoms with van der Waals surface area (Å²) in [5, 5.41) is 3.56. The summed E-state index contributed by atoms with van der Waals surface area (Å²) in [5.74, 6) is -0.276. The van der Waals surface area contributed by atoms with Crippen LogP contribution in [0.3, 0.4) is 0 Å². The average Bonchev–Trinajstić information content (AvgIpc) is 2.62. The number of anilines is 1. The average molecular weight is 469 g/mol. The van der Waals surface area contributed by atoms with Crippen LogP contribution < -0.4 is 5.32 Å². The fourth-order valence-corrected chi connectivity index (χ4v) is 3.63. The second-order valence-corrected chi connectivity index (χ2v) is 7.78. The number of amides is 2.